The van der Waals surface area contributed by atoms with Gasteiger partial charge < -0.3 is 9.47 Å². The van der Waals surface area contributed by atoms with Gasteiger partial charge in [0.15, 0.2) is 0 Å². The predicted octanol–water partition coefficient (Wildman–Crippen LogP) is 4.12. The van der Waals surface area contributed by atoms with Crippen molar-refractivity contribution in [3.8, 4) is 0 Å². The summed E-state index contributed by atoms with van der Waals surface area (Å²) in [6, 6.07) is 12.4. The molecule has 9 nitrogen and oxygen atoms in total. The number of aryl methyl sites for hydroxylation is 1. The summed E-state index contributed by atoms with van der Waals surface area (Å²) in [7, 11) is -3.65. The fraction of sp³-hybridized carbons (Fsp3) is 0.429. The molecule has 1 atom stereocenters. The Bertz CT molecular complexity index is 1550. The standard InChI is InChI=1S/C28H33N4O5S/c1-18-8-6-9-19-10-7-11-20(24(18)19)23-16-22-21(17-36-23)25(30-26(29-22)38(5,34)35)31-12-14-32(15-13-31)27(33)37-28(2,3)4/h6-12,23H,13-17H2,1-5H3/q+1. The number of ether oxygens (including phenoxy) is 2. The highest BCUT2D eigenvalue weighted by molar-refractivity contribution is 7.90. The van der Waals surface area contributed by atoms with Gasteiger partial charge in [-0.3, -0.25) is 4.90 Å². The predicted molar refractivity (Wildman–Crippen MR) is 144 cm³/mol. The van der Waals surface area contributed by atoms with Crippen molar-refractivity contribution < 1.29 is 27.3 Å². The summed E-state index contributed by atoms with van der Waals surface area (Å²) in [4.78, 5) is 23.1. The number of fused-ring (bicyclic) bond motifs is 2. The van der Waals surface area contributed by atoms with E-state index in [-0.39, 0.29) is 24.0 Å². The zero-order valence-corrected chi connectivity index (χ0v) is 23.2. The Morgan fingerprint density at radius 1 is 1.16 bits per heavy atom. The van der Waals surface area contributed by atoms with Crippen molar-refractivity contribution in [2.24, 2.45) is 0 Å². The van der Waals surface area contributed by atoms with Crippen LogP contribution in [0.1, 0.15) is 49.3 Å². The molecule has 3 heterocycles. The van der Waals surface area contributed by atoms with E-state index in [0.29, 0.717) is 37.6 Å². The van der Waals surface area contributed by atoms with E-state index in [4.69, 9.17) is 9.47 Å². The van der Waals surface area contributed by atoms with Gasteiger partial charge in [-0.05, 0) is 54.6 Å². The minimum atomic E-state index is -3.65. The number of benzene rings is 2. The largest absolute Gasteiger partial charge is 0.444 e. The average Bonchev–Trinajstić information content (AvgIpc) is 2.86. The van der Waals surface area contributed by atoms with Crippen LogP contribution in [0.3, 0.4) is 0 Å². The van der Waals surface area contributed by atoms with Crippen LogP contribution in [-0.4, -0.2) is 71.7 Å². The molecule has 0 N–H and O–H groups in total. The smallest absolute Gasteiger partial charge is 0.410 e. The topological polar surface area (TPSA) is 102 Å². The Morgan fingerprint density at radius 3 is 2.55 bits per heavy atom. The molecule has 1 aromatic heterocycles. The summed E-state index contributed by atoms with van der Waals surface area (Å²) >= 11 is 0. The first-order chi connectivity index (χ1) is 17.9. The highest BCUT2D eigenvalue weighted by Crippen LogP contribution is 2.37. The van der Waals surface area contributed by atoms with Crippen molar-refractivity contribution in [2.45, 2.75) is 57.6 Å². The van der Waals surface area contributed by atoms with Gasteiger partial charge in [-0.25, -0.2) is 17.8 Å². The molecular weight excluding hydrogens is 504 g/mol. The van der Waals surface area contributed by atoms with Gasteiger partial charge in [0.05, 0.1) is 43.3 Å². The zero-order chi connectivity index (χ0) is 27.2. The number of aromatic nitrogens is 2. The Kier molecular flexibility index (Phi) is 6.73. The van der Waals surface area contributed by atoms with E-state index < -0.39 is 15.4 Å². The lowest BCUT2D eigenvalue weighted by Gasteiger charge is -2.29. The molecule has 2 aliphatic heterocycles. The average molecular weight is 538 g/mol. The number of hydrogen-bond donors (Lipinski definition) is 0. The van der Waals surface area contributed by atoms with Crippen LogP contribution in [0.15, 0.2) is 41.6 Å². The van der Waals surface area contributed by atoms with E-state index >= 15 is 0 Å². The molecule has 38 heavy (non-hydrogen) atoms. The molecule has 5 rings (SSSR count). The summed E-state index contributed by atoms with van der Waals surface area (Å²) in [6.07, 6.45) is 2.73. The molecule has 0 spiro atoms. The molecule has 1 unspecified atom stereocenters. The number of rotatable bonds is 3. The first-order valence-electron chi connectivity index (χ1n) is 12.7. The van der Waals surface area contributed by atoms with Crippen molar-refractivity contribution in [1.29, 1.82) is 0 Å². The number of sulfone groups is 1. The monoisotopic (exact) mass is 537 g/mol. The third-order valence-electron chi connectivity index (χ3n) is 6.74. The number of amides is 1. The lowest BCUT2D eigenvalue weighted by molar-refractivity contribution is -0.448. The van der Waals surface area contributed by atoms with E-state index in [1.807, 2.05) is 43.7 Å². The fourth-order valence-corrected chi connectivity index (χ4v) is 5.49. The Hall–Kier alpha value is -3.37. The molecule has 0 aliphatic carbocycles. The van der Waals surface area contributed by atoms with Crippen molar-refractivity contribution in [3.05, 3.63) is 58.8 Å². The third-order valence-corrected chi connectivity index (χ3v) is 7.58. The van der Waals surface area contributed by atoms with Crippen LogP contribution >= 0.6 is 0 Å². The van der Waals surface area contributed by atoms with Gasteiger partial charge in [0.1, 0.15) is 12.1 Å². The van der Waals surface area contributed by atoms with Gasteiger partial charge >= 0.3 is 17.1 Å². The second-order valence-corrected chi connectivity index (χ2v) is 12.8. The first kappa shape index (κ1) is 26.2. The SMILES string of the molecule is Cc1cccc2cccc(C3Cc4nc(S(C)(=O)=O)nc([N+]5=CCN(C(=O)OC(C)(C)C)CC5)c4CO3)c12. The molecule has 0 radical (unpaired) electrons. The summed E-state index contributed by atoms with van der Waals surface area (Å²) in [6.45, 7) is 9.00. The van der Waals surface area contributed by atoms with Crippen LogP contribution in [0.5, 0.6) is 0 Å². The second-order valence-electron chi connectivity index (χ2n) is 10.9. The maximum absolute atomic E-state index is 12.5. The molecule has 3 aromatic rings. The normalized spacial score (nSPS) is 18.2. The summed E-state index contributed by atoms with van der Waals surface area (Å²) in [5, 5.41) is 2.08. The van der Waals surface area contributed by atoms with Gasteiger partial charge in [0.2, 0.25) is 9.84 Å². The minimum Gasteiger partial charge on any atom is -0.444 e. The highest BCUT2D eigenvalue weighted by atomic mass is 32.2. The van der Waals surface area contributed by atoms with Gasteiger partial charge in [-0.15, -0.1) is 0 Å². The van der Waals surface area contributed by atoms with Gasteiger partial charge in [-0.2, -0.15) is 4.98 Å². The lowest BCUT2D eigenvalue weighted by atomic mass is 9.92. The second kappa shape index (κ2) is 9.74. The number of carbonyl (C=O) groups excluding carboxylic acids is 1. The Labute approximate surface area is 223 Å². The van der Waals surface area contributed by atoms with Crippen LogP contribution in [0.25, 0.3) is 10.8 Å². The van der Waals surface area contributed by atoms with Crippen molar-refractivity contribution in [3.63, 3.8) is 0 Å². The van der Waals surface area contributed by atoms with E-state index in [1.54, 1.807) is 4.90 Å². The van der Waals surface area contributed by atoms with Crippen LogP contribution in [0, 0.1) is 6.92 Å². The molecule has 200 valence electrons. The Morgan fingerprint density at radius 2 is 1.89 bits per heavy atom. The summed E-state index contributed by atoms with van der Waals surface area (Å²) in [5.41, 5.74) is 3.07. The van der Waals surface area contributed by atoms with Gasteiger partial charge in [0.25, 0.3) is 0 Å². The fourth-order valence-electron chi connectivity index (χ4n) is 4.96. The molecule has 10 heteroatoms. The van der Waals surface area contributed by atoms with E-state index in [9.17, 15) is 13.2 Å². The molecule has 0 saturated carbocycles. The maximum atomic E-state index is 12.5. The number of nitrogens with zero attached hydrogens (tertiary/aromatic N) is 4. The van der Waals surface area contributed by atoms with Crippen molar-refractivity contribution >= 4 is 38.7 Å². The molecule has 2 aliphatic rings. The van der Waals surface area contributed by atoms with Gasteiger partial charge in [0, 0.05) is 12.7 Å². The lowest BCUT2D eigenvalue weighted by Crippen LogP contribution is -2.44. The molecule has 0 bridgehead atoms. The van der Waals surface area contributed by atoms with E-state index in [2.05, 4.69) is 41.2 Å². The van der Waals surface area contributed by atoms with E-state index in [1.165, 1.54) is 0 Å². The van der Waals surface area contributed by atoms with Crippen LogP contribution in [-0.2, 0) is 32.3 Å². The third kappa shape index (κ3) is 5.28. The zero-order valence-electron chi connectivity index (χ0n) is 22.4. The van der Waals surface area contributed by atoms with Crippen molar-refractivity contribution in [1.82, 2.24) is 14.9 Å². The molecular formula is C28H33N4O5S+. The quantitative estimate of drug-likeness (QED) is 0.366. The van der Waals surface area contributed by atoms with Gasteiger partial charge in [-0.1, -0.05) is 36.4 Å². The van der Waals surface area contributed by atoms with Crippen LogP contribution < -0.4 is 0 Å². The molecule has 1 amide bonds. The molecule has 0 fully saturated rings. The Balaban J connectivity index is 1.50. The number of hydrogen-bond acceptors (Lipinski definition) is 7. The number of carbonyl (C=O) groups is 1. The molecule has 0 saturated heterocycles. The highest BCUT2D eigenvalue weighted by Gasteiger charge is 2.35. The van der Waals surface area contributed by atoms with Crippen LogP contribution in [0.4, 0.5) is 10.6 Å². The minimum absolute atomic E-state index is 0.205. The van der Waals surface area contributed by atoms with Crippen molar-refractivity contribution in [2.75, 3.05) is 25.9 Å². The van der Waals surface area contributed by atoms with E-state index in [0.717, 1.165) is 33.7 Å². The van der Waals surface area contributed by atoms with Crippen LogP contribution in [0.2, 0.25) is 0 Å². The summed E-state index contributed by atoms with van der Waals surface area (Å²) < 4.78 is 38.8. The first-order valence-corrected chi connectivity index (χ1v) is 14.6. The summed E-state index contributed by atoms with van der Waals surface area (Å²) in [5.74, 6) is 0.506. The maximum Gasteiger partial charge on any atom is 0.410 e. The molecule has 2 aromatic carbocycles.